The summed E-state index contributed by atoms with van der Waals surface area (Å²) in [5, 5.41) is 10.3. The second kappa shape index (κ2) is 5.39. The third-order valence-electron chi connectivity index (χ3n) is 2.03. The van der Waals surface area contributed by atoms with E-state index in [4.69, 9.17) is 0 Å². The van der Waals surface area contributed by atoms with Gasteiger partial charge >= 0.3 is 6.18 Å². The van der Waals surface area contributed by atoms with Gasteiger partial charge in [0.05, 0.1) is 11.3 Å². The van der Waals surface area contributed by atoms with Crippen molar-refractivity contribution in [2.75, 3.05) is 5.75 Å². The first-order valence-corrected chi connectivity index (χ1v) is 5.73. The largest absolute Gasteiger partial charge is 0.416 e. The molecule has 0 spiro atoms. The van der Waals surface area contributed by atoms with E-state index >= 15 is 0 Å². The molecule has 0 amide bonds. The summed E-state index contributed by atoms with van der Waals surface area (Å²) < 4.78 is 36.7. The number of nitrogens with zero attached hydrogens (tertiary/aromatic N) is 1. The van der Waals surface area contributed by atoms with Gasteiger partial charge in [0, 0.05) is 16.7 Å². The zero-order valence-electron chi connectivity index (χ0n) is 8.90. The molecule has 0 aromatic heterocycles. The number of halogens is 3. The summed E-state index contributed by atoms with van der Waals surface area (Å²) in [5.74, 6) is 0.234. The van der Waals surface area contributed by atoms with E-state index in [0.29, 0.717) is 4.90 Å². The van der Waals surface area contributed by atoms with Crippen molar-refractivity contribution in [1.82, 2.24) is 0 Å². The van der Waals surface area contributed by atoms with Crippen molar-refractivity contribution in [1.29, 1.82) is 0 Å². The quantitative estimate of drug-likeness (QED) is 0.475. The number of rotatable bonds is 4. The van der Waals surface area contributed by atoms with Crippen LogP contribution in [0.25, 0.3) is 0 Å². The van der Waals surface area contributed by atoms with E-state index in [1.807, 2.05) is 0 Å². The summed E-state index contributed by atoms with van der Waals surface area (Å²) in [5.41, 5.74) is -0.718. The number of thioether (sulfide) groups is 1. The lowest BCUT2D eigenvalue weighted by Gasteiger charge is -2.07. The minimum absolute atomic E-state index is 0.234. The fourth-order valence-corrected chi connectivity index (χ4v) is 1.90. The topological polar surface area (TPSA) is 43.1 Å². The minimum Gasteiger partial charge on any atom is -0.264 e. The lowest BCUT2D eigenvalue weighted by Crippen LogP contribution is -2.17. The monoisotopic (exact) mass is 265 g/mol. The number of benzene rings is 1. The van der Waals surface area contributed by atoms with Crippen LogP contribution in [-0.2, 0) is 6.18 Å². The molecule has 0 radical (unpaired) electrons. The van der Waals surface area contributed by atoms with Crippen molar-refractivity contribution < 1.29 is 18.1 Å². The predicted octanol–water partition coefficient (Wildman–Crippen LogP) is 3.46. The Balaban J connectivity index is 2.60. The molecule has 1 rings (SSSR count). The molecule has 0 aliphatic carbocycles. The highest BCUT2D eigenvalue weighted by Gasteiger charge is 2.29. The fourth-order valence-electron chi connectivity index (χ4n) is 1.02. The molecule has 1 aromatic carbocycles. The second-order valence-corrected chi connectivity index (χ2v) is 4.56. The molecule has 0 N–H and O–H groups in total. The van der Waals surface area contributed by atoms with Crippen molar-refractivity contribution in [3.05, 3.63) is 39.9 Å². The van der Waals surface area contributed by atoms with Gasteiger partial charge in [0.25, 0.3) is 0 Å². The van der Waals surface area contributed by atoms with Gasteiger partial charge < -0.3 is 0 Å². The van der Waals surface area contributed by atoms with Gasteiger partial charge in [0.1, 0.15) is 0 Å². The smallest absolute Gasteiger partial charge is 0.264 e. The van der Waals surface area contributed by atoms with Crippen LogP contribution in [0.15, 0.2) is 29.2 Å². The first-order chi connectivity index (χ1) is 7.80. The molecule has 0 fully saturated rings. The van der Waals surface area contributed by atoms with Crippen molar-refractivity contribution in [2.24, 2.45) is 0 Å². The van der Waals surface area contributed by atoms with Gasteiger partial charge in [-0.2, -0.15) is 13.2 Å². The van der Waals surface area contributed by atoms with Crippen LogP contribution in [0.3, 0.4) is 0 Å². The van der Waals surface area contributed by atoms with Gasteiger partial charge in [0.2, 0.25) is 6.04 Å². The van der Waals surface area contributed by atoms with E-state index in [-0.39, 0.29) is 5.75 Å². The van der Waals surface area contributed by atoms with Crippen LogP contribution in [0.4, 0.5) is 13.2 Å². The molecule has 17 heavy (non-hydrogen) atoms. The predicted molar refractivity (Wildman–Crippen MR) is 58.6 cm³/mol. The minimum atomic E-state index is -4.35. The molecule has 0 bridgehead atoms. The SMILES string of the molecule is CC(CSc1ccc(C(F)(F)F)cc1)[N+](=O)[O-]. The van der Waals surface area contributed by atoms with E-state index in [0.717, 1.165) is 12.1 Å². The van der Waals surface area contributed by atoms with Gasteiger partial charge in [0.15, 0.2) is 0 Å². The van der Waals surface area contributed by atoms with Gasteiger partial charge in [-0.1, -0.05) is 0 Å². The third-order valence-corrected chi connectivity index (χ3v) is 3.29. The Kier molecular flexibility index (Phi) is 4.39. The Morgan fingerprint density at radius 3 is 2.29 bits per heavy atom. The van der Waals surface area contributed by atoms with Crippen LogP contribution in [0.2, 0.25) is 0 Å². The van der Waals surface area contributed by atoms with Crippen molar-refractivity contribution in [2.45, 2.75) is 24.0 Å². The van der Waals surface area contributed by atoms with Crippen LogP contribution in [0, 0.1) is 10.1 Å². The van der Waals surface area contributed by atoms with E-state index in [1.165, 1.54) is 30.8 Å². The zero-order chi connectivity index (χ0) is 13.1. The Labute approximate surface area is 100 Å². The molecule has 0 aliphatic rings. The number of hydrogen-bond acceptors (Lipinski definition) is 3. The maximum Gasteiger partial charge on any atom is 0.416 e. The molecule has 7 heteroatoms. The van der Waals surface area contributed by atoms with Crippen molar-refractivity contribution in [3.8, 4) is 0 Å². The van der Waals surface area contributed by atoms with Gasteiger partial charge in [-0.15, -0.1) is 11.8 Å². The average molecular weight is 265 g/mol. The molecule has 0 saturated heterocycles. The highest BCUT2D eigenvalue weighted by Crippen LogP contribution is 2.30. The number of hydrogen-bond donors (Lipinski definition) is 0. The molecule has 0 aliphatic heterocycles. The highest BCUT2D eigenvalue weighted by atomic mass is 32.2. The van der Waals surface area contributed by atoms with Gasteiger partial charge in [-0.05, 0) is 24.3 Å². The normalized spacial score (nSPS) is 13.4. The average Bonchev–Trinajstić information content (AvgIpc) is 2.25. The van der Waals surface area contributed by atoms with E-state index in [2.05, 4.69) is 0 Å². The van der Waals surface area contributed by atoms with Crippen LogP contribution in [0.5, 0.6) is 0 Å². The standard InChI is InChI=1S/C10H10F3NO2S/c1-7(14(15)16)6-17-9-4-2-8(3-5-9)10(11,12)13/h2-5,7H,6H2,1H3. The maximum atomic E-state index is 12.2. The lowest BCUT2D eigenvalue weighted by atomic mass is 10.2. The molecule has 1 aromatic rings. The molecule has 94 valence electrons. The van der Waals surface area contributed by atoms with Crippen LogP contribution < -0.4 is 0 Å². The molecule has 1 atom stereocenters. The molecule has 0 heterocycles. The van der Waals surface area contributed by atoms with Gasteiger partial charge in [-0.3, -0.25) is 10.1 Å². The lowest BCUT2D eigenvalue weighted by molar-refractivity contribution is -0.511. The Bertz CT molecular complexity index is 392. The van der Waals surface area contributed by atoms with Gasteiger partial charge in [-0.25, -0.2) is 0 Å². The molecule has 3 nitrogen and oxygen atoms in total. The summed E-state index contributed by atoms with van der Waals surface area (Å²) in [6.45, 7) is 1.46. The zero-order valence-corrected chi connectivity index (χ0v) is 9.72. The number of nitro groups is 1. The fraction of sp³-hybridized carbons (Fsp3) is 0.400. The molecule has 0 saturated carbocycles. The van der Waals surface area contributed by atoms with E-state index < -0.39 is 22.7 Å². The van der Waals surface area contributed by atoms with E-state index in [9.17, 15) is 23.3 Å². The summed E-state index contributed by atoms with van der Waals surface area (Å²) in [6.07, 6.45) is -4.35. The molecule has 1 unspecified atom stereocenters. The van der Waals surface area contributed by atoms with Crippen LogP contribution in [0.1, 0.15) is 12.5 Å². The maximum absolute atomic E-state index is 12.2. The Hall–Kier alpha value is -1.24. The second-order valence-electron chi connectivity index (χ2n) is 3.47. The van der Waals surface area contributed by atoms with E-state index in [1.54, 1.807) is 0 Å². The molecular weight excluding hydrogens is 255 g/mol. The highest BCUT2D eigenvalue weighted by molar-refractivity contribution is 7.99. The summed E-state index contributed by atoms with van der Waals surface area (Å²) in [6, 6.07) is 3.86. The van der Waals surface area contributed by atoms with Crippen molar-refractivity contribution >= 4 is 11.8 Å². The van der Waals surface area contributed by atoms with Crippen LogP contribution in [-0.4, -0.2) is 16.7 Å². The molecular formula is C10H10F3NO2S. The first kappa shape index (κ1) is 13.8. The third kappa shape index (κ3) is 4.26. The summed E-state index contributed by atoms with van der Waals surface area (Å²) in [7, 11) is 0. The Morgan fingerprint density at radius 2 is 1.88 bits per heavy atom. The number of alkyl halides is 3. The first-order valence-electron chi connectivity index (χ1n) is 4.74. The van der Waals surface area contributed by atoms with Crippen molar-refractivity contribution in [3.63, 3.8) is 0 Å². The summed E-state index contributed by atoms with van der Waals surface area (Å²) >= 11 is 1.17. The van der Waals surface area contributed by atoms with Crippen LogP contribution >= 0.6 is 11.8 Å². The Morgan fingerprint density at radius 1 is 1.35 bits per heavy atom. The summed E-state index contributed by atoms with van der Waals surface area (Å²) in [4.78, 5) is 10.5.